The average Bonchev–Trinajstić information content (AvgIpc) is 2.53. The number of nitrogens with zero attached hydrogens (tertiary/aromatic N) is 3. The van der Waals surface area contributed by atoms with Gasteiger partial charge in [0, 0.05) is 6.54 Å². The van der Waals surface area contributed by atoms with E-state index in [2.05, 4.69) is 9.97 Å². The highest BCUT2D eigenvalue weighted by atomic mass is 16.5. The van der Waals surface area contributed by atoms with Crippen LogP contribution in [0, 0.1) is 0 Å². The number of methoxy groups -OCH3 is 3. The fraction of sp³-hybridized carbons (Fsp3) is 0.615. The summed E-state index contributed by atoms with van der Waals surface area (Å²) in [5, 5.41) is 0. The third-order valence-electron chi connectivity index (χ3n) is 3.32. The minimum absolute atomic E-state index is 0.268. The van der Waals surface area contributed by atoms with Gasteiger partial charge in [0.2, 0.25) is 17.7 Å². The highest BCUT2D eigenvalue weighted by Gasteiger charge is 2.31. The zero-order valence-electron chi connectivity index (χ0n) is 12.0. The Hall–Kier alpha value is -2.05. The molecule has 1 aliphatic rings. The van der Waals surface area contributed by atoms with Gasteiger partial charge in [-0.15, -0.1) is 0 Å². The summed E-state index contributed by atoms with van der Waals surface area (Å²) in [5.74, 6) is 0.966. The molecule has 0 radical (unpaired) electrons. The third-order valence-corrected chi connectivity index (χ3v) is 3.32. The third kappa shape index (κ3) is 2.92. The van der Waals surface area contributed by atoms with Crippen molar-refractivity contribution >= 4 is 11.9 Å². The monoisotopic (exact) mass is 281 g/mol. The summed E-state index contributed by atoms with van der Waals surface area (Å²) in [6, 6.07) is 1.24. The van der Waals surface area contributed by atoms with Crippen molar-refractivity contribution < 1.29 is 19.0 Å². The van der Waals surface area contributed by atoms with Crippen LogP contribution in [-0.2, 0) is 9.53 Å². The second kappa shape index (κ2) is 6.40. The van der Waals surface area contributed by atoms with Crippen LogP contribution in [0.5, 0.6) is 11.8 Å². The predicted octanol–water partition coefficient (Wildman–Crippen LogP) is 1.03. The topological polar surface area (TPSA) is 73.8 Å². The minimum atomic E-state index is -0.356. The number of hydrogen-bond acceptors (Lipinski definition) is 7. The second-order valence-electron chi connectivity index (χ2n) is 4.48. The normalized spacial score (nSPS) is 18.6. The lowest BCUT2D eigenvalue weighted by atomic mass is 10.0. The van der Waals surface area contributed by atoms with E-state index < -0.39 is 0 Å². The van der Waals surface area contributed by atoms with Crippen LogP contribution in [0.1, 0.15) is 19.3 Å². The zero-order chi connectivity index (χ0) is 14.5. The molecule has 1 aliphatic heterocycles. The lowest BCUT2D eigenvalue weighted by Gasteiger charge is -2.33. The Labute approximate surface area is 117 Å². The van der Waals surface area contributed by atoms with E-state index in [-0.39, 0.29) is 12.0 Å². The van der Waals surface area contributed by atoms with Crippen molar-refractivity contribution in [2.45, 2.75) is 25.3 Å². The van der Waals surface area contributed by atoms with Crippen LogP contribution in [-0.4, -0.2) is 49.9 Å². The standard InChI is InChI=1S/C13H19N3O4/c1-18-10-8-11(19-2)15-13(14-10)16-7-5-4-6-9(16)12(17)20-3/h8-9H,4-7H2,1-3H3. The van der Waals surface area contributed by atoms with Crippen molar-refractivity contribution in [3.05, 3.63) is 6.07 Å². The van der Waals surface area contributed by atoms with Gasteiger partial charge in [-0.3, -0.25) is 0 Å². The summed E-state index contributed by atoms with van der Waals surface area (Å²) >= 11 is 0. The number of rotatable bonds is 4. The van der Waals surface area contributed by atoms with E-state index in [1.165, 1.54) is 21.3 Å². The molecule has 110 valence electrons. The van der Waals surface area contributed by atoms with Crippen LogP contribution in [0.15, 0.2) is 6.07 Å². The first-order valence-electron chi connectivity index (χ1n) is 6.51. The van der Waals surface area contributed by atoms with Gasteiger partial charge in [-0.2, -0.15) is 9.97 Å². The maximum atomic E-state index is 11.9. The van der Waals surface area contributed by atoms with Gasteiger partial charge in [-0.1, -0.05) is 0 Å². The molecule has 2 heterocycles. The molecular formula is C13H19N3O4. The smallest absolute Gasteiger partial charge is 0.328 e. The molecule has 1 fully saturated rings. The van der Waals surface area contributed by atoms with E-state index in [0.29, 0.717) is 24.3 Å². The van der Waals surface area contributed by atoms with Crippen LogP contribution >= 0.6 is 0 Å². The zero-order valence-corrected chi connectivity index (χ0v) is 12.0. The molecule has 20 heavy (non-hydrogen) atoms. The first kappa shape index (κ1) is 14.4. The highest BCUT2D eigenvalue weighted by Crippen LogP contribution is 2.26. The second-order valence-corrected chi connectivity index (χ2v) is 4.48. The Morgan fingerprint density at radius 2 is 1.85 bits per heavy atom. The number of carbonyl (C=O) groups is 1. The van der Waals surface area contributed by atoms with Gasteiger partial charge >= 0.3 is 5.97 Å². The summed E-state index contributed by atoms with van der Waals surface area (Å²) in [4.78, 5) is 22.3. The number of carbonyl (C=O) groups excluding carboxylic acids is 1. The lowest BCUT2D eigenvalue weighted by molar-refractivity contribution is -0.142. The first-order valence-corrected chi connectivity index (χ1v) is 6.51. The number of anilines is 1. The molecule has 0 bridgehead atoms. The van der Waals surface area contributed by atoms with Gasteiger partial charge in [0.25, 0.3) is 0 Å². The number of piperidine rings is 1. The van der Waals surface area contributed by atoms with Crippen LogP contribution < -0.4 is 14.4 Å². The van der Waals surface area contributed by atoms with E-state index >= 15 is 0 Å². The number of ether oxygens (including phenoxy) is 3. The molecule has 1 unspecified atom stereocenters. The lowest BCUT2D eigenvalue weighted by Crippen LogP contribution is -2.46. The summed E-state index contributed by atoms with van der Waals surface area (Å²) < 4.78 is 15.1. The Morgan fingerprint density at radius 3 is 2.40 bits per heavy atom. The SMILES string of the molecule is COC(=O)C1CCCCN1c1nc(OC)cc(OC)n1. The van der Waals surface area contributed by atoms with Crippen molar-refractivity contribution in [1.29, 1.82) is 0 Å². The van der Waals surface area contributed by atoms with Crippen molar-refractivity contribution in [1.82, 2.24) is 9.97 Å². The first-order chi connectivity index (χ1) is 9.69. The molecule has 0 spiro atoms. The molecule has 1 saturated heterocycles. The van der Waals surface area contributed by atoms with Gasteiger partial charge in [0.15, 0.2) is 0 Å². The van der Waals surface area contributed by atoms with E-state index in [4.69, 9.17) is 14.2 Å². The van der Waals surface area contributed by atoms with Crippen molar-refractivity contribution in [3.63, 3.8) is 0 Å². The molecule has 2 rings (SSSR count). The number of hydrogen-bond donors (Lipinski definition) is 0. The van der Waals surface area contributed by atoms with E-state index in [0.717, 1.165) is 19.3 Å². The number of aromatic nitrogens is 2. The molecule has 0 N–H and O–H groups in total. The molecule has 0 aromatic carbocycles. The molecule has 0 amide bonds. The Kier molecular flexibility index (Phi) is 4.60. The molecule has 7 heteroatoms. The molecule has 1 aromatic heterocycles. The number of esters is 1. The Morgan fingerprint density at radius 1 is 1.20 bits per heavy atom. The van der Waals surface area contributed by atoms with Crippen molar-refractivity contribution in [2.24, 2.45) is 0 Å². The van der Waals surface area contributed by atoms with Gasteiger partial charge in [0.05, 0.1) is 27.4 Å². The van der Waals surface area contributed by atoms with Gasteiger partial charge in [0.1, 0.15) is 6.04 Å². The molecular weight excluding hydrogens is 262 g/mol. The molecule has 1 aromatic rings. The van der Waals surface area contributed by atoms with Gasteiger partial charge < -0.3 is 19.1 Å². The largest absolute Gasteiger partial charge is 0.481 e. The molecule has 0 saturated carbocycles. The minimum Gasteiger partial charge on any atom is -0.481 e. The van der Waals surface area contributed by atoms with E-state index in [9.17, 15) is 4.79 Å². The summed E-state index contributed by atoms with van der Waals surface area (Å²) in [5.41, 5.74) is 0. The average molecular weight is 281 g/mol. The van der Waals surface area contributed by atoms with Crippen molar-refractivity contribution in [2.75, 3.05) is 32.8 Å². The van der Waals surface area contributed by atoms with Gasteiger partial charge in [-0.25, -0.2) is 4.79 Å². The van der Waals surface area contributed by atoms with Crippen LogP contribution in [0.4, 0.5) is 5.95 Å². The predicted molar refractivity (Wildman–Crippen MR) is 72.1 cm³/mol. The summed E-state index contributed by atoms with van der Waals surface area (Å²) in [6.07, 6.45) is 2.70. The molecule has 0 aliphatic carbocycles. The van der Waals surface area contributed by atoms with Crippen LogP contribution in [0.25, 0.3) is 0 Å². The Balaban J connectivity index is 2.33. The van der Waals surface area contributed by atoms with Crippen molar-refractivity contribution in [3.8, 4) is 11.8 Å². The quantitative estimate of drug-likeness (QED) is 0.763. The fourth-order valence-electron chi connectivity index (χ4n) is 2.28. The van der Waals surface area contributed by atoms with Crippen LogP contribution in [0.3, 0.4) is 0 Å². The van der Waals surface area contributed by atoms with E-state index in [1.54, 1.807) is 6.07 Å². The highest BCUT2D eigenvalue weighted by molar-refractivity contribution is 5.79. The fourth-order valence-corrected chi connectivity index (χ4v) is 2.28. The summed E-state index contributed by atoms with van der Waals surface area (Å²) in [7, 11) is 4.45. The molecule has 7 nitrogen and oxygen atoms in total. The maximum Gasteiger partial charge on any atom is 0.328 e. The summed E-state index contributed by atoms with van der Waals surface area (Å²) in [6.45, 7) is 0.704. The van der Waals surface area contributed by atoms with E-state index in [1.807, 2.05) is 4.90 Å². The Bertz CT molecular complexity index is 458. The maximum absolute atomic E-state index is 11.9. The molecule has 1 atom stereocenters. The van der Waals surface area contributed by atoms with Gasteiger partial charge in [-0.05, 0) is 19.3 Å². The van der Waals surface area contributed by atoms with Crippen LogP contribution in [0.2, 0.25) is 0 Å².